The van der Waals surface area contributed by atoms with E-state index in [0.717, 1.165) is 11.3 Å². The summed E-state index contributed by atoms with van der Waals surface area (Å²) in [5.74, 6) is 0.981. The number of rotatable bonds is 3. The van der Waals surface area contributed by atoms with Crippen molar-refractivity contribution >= 4 is 5.91 Å². The van der Waals surface area contributed by atoms with Crippen LogP contribution in [-0.4, -0.2) is 42.7 Å². The molecule has 1 aliphatic heterocycles. The number of carbonyl (C=O) groups excluding carboxylic acids is 1. The Labute approximate surface area is 101 Å². The molecule has 1 fully saturated rings. The second-order valence-corrected chi connectivity index (χ2v) is 4.44. The largest absolute Gasteiger partial charge is 0.496 e. The summed E-state index contributed by atoms with van der Waals surface area (Å²) in [7, 11) is 1.60. The number of nitrogens with zero attached hydrogens (tertiary/aromatic N) is 1. The van der Waals surface area contributed by atoms with Gasteiger partial charge >= 0.3 is 0 Å². The highest BCUT2D eigenvalue weighted by Gasteiger charge is 2.30. The molecular weight excluding hydrogens is 218 g/mol. The predicted octanol–water partition coefficient (Wildman–Crippen LogP) is 1.07. The molecular formula is C13H17NO3. The number of aliphatic hydroxyl groups excluding tert-OH is 1. The van der Waals surface area contributed by atoms with Crippen molar-refractivity contribution in [1.82, 2.24) is 4.90 Å². The molecule has 1 aliphatic rings. The van der Waals surface area contributed by atoms with E-state index in [1.807, 2.05) is 19.1 Å². The van der Waals surface area contributed by atoms with Crippen LogP contribution in [0.25, 0.3) is 0 Å². The number of amides is 1. The fourth-order valence-electron chi connectivity index (χ4n) is 1.99. The molecule has 17 heavy (non-hydrogen) atoms. The lowest BCUT2D eigenvalue weighted by molar-refractivity contribution is 0.0361. The molecule has 1 amide bonds. The number of ether oxygens (including phenoxy) is 1. The van der Waals surface area contributed by atoms with Gasteiger partial charge in [0.05, 0.1) is 7.11 Å². The van der Waals surface area contributed by atoms with Crippen LogP contribution in [0.3, 0.4) is 0 Å². The summed E-state index contributed by atoms with van der Waals surface area (Å²) in [6.45, 7) is 3.39. The highest BCUT2D eigenvalue weighted by molar-refractivity contribution is 5.95. The van der Waals surface area contributed by atoms with Crippen LogP contribution in [0.4, 0.5) is 0 Å². The first-order chi connectivity index (χ1) is 8.15. The summed E-state index contributed by atoms with van der Waals surface area (Å²) in [6.07, 6.45) is 0. The van der Waals surface area contributed by atoms with E-state index in [-0.39, 0.29) is 18.4 Å². The van der Waals surface area contributed by atoms with Gasteiger partial charge < -0.3 is 14.7 Å². The fraction of sp³-hybridized carbons (Fsp3) is 0.462. The second-order valence-electron chi connectivity index (χ2n) is 4.44. The highest BCUT2D eigenvalue weighted by atomic mass is 16.5. The Balaban J connectivity index is 2.10. The van der Waals surface area contributed by atoms with Gasteiger partial charge in [0.25, 0.3) is 5.91 Å². The Hall–Kier alpha value is -1.55. The molecule has 0 aromatic heterocycles. The van der Waals surface area contributed by atoms with Crippen molar-refractivity contribution in [2.24, 2.45) is 5.92 Å². The van der Waals surface area contributed by atoms with E-state index >= 15 is 0 Å². The summed E-state index contributed by atoms with van der Waals surface area (Å²) in [5.41, 5.74) is 1.66. The molecule has 92 valence electrons. The number of carbonyl (C=O) groups is 1. The predicted molar refractivity (Wildman–Crippen MR) is 64.2 cm³/mol. The van der Waals surface area contributed by atoms with Crippen molar-refractivity contribution in [2.75, 3.05) is 26.8 Å². The van der Waals surface area contributed by atoms with E-state index in [2.05, 4.69) is 0 Å². The smallest absolute Gasteiger partial charge is 0.254 e. The number of aryl methyl sites for hydroxylation is 1. The van der Waals surface area contributed by atoms with Gasteiger partial charge in [0.2, 0.25) is 0 Å². The Morgan fingerprint density at radius 2 is 2.24 bits per heavy atom. The average molecular weight is 235 g/mol. The normalized spacial score (nSPS) is 15.6. The highest BCUT2D eigenvalue weighted by Crippen LogP contribution is 2.23. The van der Waals surface area contributed by atoms with Crippen molar-refractivity contribution in [2.45, 2.75) is 6.92 Å². The first-order valence-corrected chi connectivity index (χ1v) is 5.70. The maximum Gasteiger partial charge on any atom is 0.254 e. The Kier molecular flexibility index (Phi) is 3.33. The van der Waals surface area contributed by atoms with Gasteiger partial charge in [-0.3, -0.25) is 4.79 Å². The van der Waals surface area contributed by atoms with Gasteiger partial charge in [-0.1, -0.05) is 6.07 Å². The van der Waals surface area contributed by atoms with Crippen molar-refractivity contribution in [3.63, 3.8) is 0 Å². The topological polar surface area (TPSA) is 49.8 Å². The average Bonchev–Trinajstić information content (AvgIpc) is 2.28. The molecule has 0 saturated carbocycles. The molecule has 0 radical (unpaired) electrons. The zero-order chi connectivity index (χ0) is 12.4. The number of likely N-dealkylation sites (tertiary alicyclic amines) is 1. The van der Waals surface area contributed by atoms with E-state index < -0.39 is 0 Å². The van der Waals surface area contributed by atoms with Gasteiger partial charge in [-0.25, -0.2) is 0 Å². The molecule has 4 nitrogen and oxygen atoms in total. The molecule has 0 bridgehead atoms. The number of methoxy groups -OCH3 is 1. The third kappa shape index (κ3) is 2.26. The minimum absolute atomic E-state index is 0.00741. The van der Waals surface area contributed by atoms with Crippen molar-refractivity contribution < 1.29 is 14.6 Å². The third-order valence-corrected chi connectivity index (χ3v) is 3.16. The molecule has 1 aromatic carbocycles. The van der Waals surface area contributed by atoms with E-state index in [1.54, 1.807) is 18.1 Å². The molecule has 0 atom stereocenters. The summed E-state index contributed by atoms with van der Waals surface area (Å²) in [5, 5.41) is 8.92. The number of aliphatic hydroxyl groups is 1. The van der Waals surface area contributed by atoms with Crippen molar-refractivity contribution in [3.05, 3.63) is 29.3 Å². The standard InChI is InChI=1S/C13H17NO3/c1-9-3-4-11(5-12(9)17-2)13(16)14-6-10(7-14)8-15/h3-5,10,15H,6-8H2,1-2H3. The molecule has 0 unspecified atom stereocenters. The molecule has 1 aromatic rings. The lowest BCUT2D eigenvalue weighted by Crippen LogP contribution is -2.51. The molecule has 1 saturated heterocycles. The molecule has 0 spiro atoms. The van der Waals surface area contributed by atoms with Gasteiger partial charge in [0.1, 0.15) is 5.75 Å². The first-order valence-electron chi connectivity index (χ1n) is 5.70. The maximum atomic E-state index is 12.1. The summed E-state index contributed by atoms with van der Waals surface area (Å²) in [6, 6.07) is 5.46. The zero-order valence-electron chi connectivity index (χ0n) is 10.1. The molecule has 1 heterocycles. The monoisotopic (exact) mass is 235 g/mol. The Bertz CT molecular complexity index is 425. The molecule has 0 aliphatic carbocycles. The lowest BCUT2D eigenvalue weighted by Gasteiger charge is -2.38. The van der Waals surface area contributed by atoms with Crippen molar-refractivity contribution in [1.29, 1.82) is 0 Å². The summed E-state index contributed by atoms with van der Waals surface area (Å²) in [4.78, 5) is 13.8. The molecule has 2 rings (SSSR count). The number of benzene rings is 1. The van der Waals surface area contributed by atoms with Crippen LogP contribution < -0.4 is 4.74 Å². The maximum absolute atomic E-state index is 12.1. The van der Waals surface area contributed by atoms with Gasteiger partial charge in [0, 0.05) is 31.2 Å². The third-order valence-electron chi connectivity index (χ3n) is 3.16. The van der Waals surface area contributed by atoms with Gasteiger partial charge in [-0.15, -0.1) is 0 Å². The van der Waals surface area contributed by atoms with Gasteiger partial charge in [0.15, 0.2) is 0 Å². The Morgan fingerprint density at radius 1 is 1.53 bits per heavy atom. The minimum Gasteiger partial charge on any atom is -0.496 e. The minimum atomic E-state index is 0.00741. The van der Waals surface area contributed by atoms with Crippen LogP contribution in [0, 0.1) is 12.8 Å². The molecule has 4 heteroatoms. The second kappa shape index (κ2) is 4.75. The van der Waals surface area contributed by atoms with E-state index in [1.165, 1.54) is 0 Å². The Morgan fingerprint density at radius 3 is 2.82 bits per heavy atom. The van der Waals surface area contributed by atoms with E-state index in [0.29, 0.717) is 18.7 Å². The quantitative estimate of drug-likeness (QED) is 0.852. The van der Waals surface area contributed by atoms with E-state index in [4.69, 9.17) is 9.84 Å². The molecule has 1 N–H and O–H groups in total. The van der Waals surface area contributed by atoms with E-state index in [9.17, 15) is 4.79 Å². The summed E-state index contributed by atoms with van der Waals surface area (Å²) >= 11 is 0. The van der Waals surface area contributed by atoms with Crippen LogP contribution >= 0.6 is 0 Å². The van der Waals surface area contributed by atoms with Crippen LogP contribution in [0.2, 0.25) is 0 Å². The van der Waals surface area contributed by atoms with Crippen LogP contribution in [-0.2, 0) is 0 Å². The van der Waals surface area contributed by atoms with Crippen LogP contribution in [0.5, 0.6) is 5.75 Å². The summed E-state index contributed by atoms with van der Waals surface area (Å²) < 4.78 is 5.20. The van der Waals surface area contributed by atoms with Gasteiger partial charge in [-0.2, -0.15) is 0 Å². The fourth-order valence-corrected chi connectivity index (χ4v) is 1.99. The number of hydrogen-bond acceptors (Lipinski definition) is 3. The SMILES string of the molecule is COc1cc(C(=O)N2CC(CO)C2)ccc1C. The lowest BCUT2D eigenvalue weighted by atomic mass is 9.99. The van der Waals surface area contributed by atoms with Crippen molar-refractivity contribution in [3.8, 4) is 5.75 Å². The zero-order valence-corrected chi connectivity index (χ0v) is 10.1. The first kappa shape index (κ1) is 11.9. The van der Waals surface area contributed by atoms with Crippen LogP contribution in [0.1, 0.15) is 15.9 Å². The van der Waals surface area contributed by atoms with Gasteiger partial charge in [-0.05, 0) is 24.6 Å². The number of hydrogen-bond donors (Lipinski definition) is 1. The van der Waals surface area contributed by atoms with Crippen LogP contribution in [0.15, 0.2) is 18.2 Å².